The topological polar surface area (TPSA) is 25.8 Å². The first-order valence-corrected chi connectivity index (χ1v) is 19.3. The molecule has 3 heteroatoms. The van der Waals surface area contributed by atoms with Crippen LogP contribution < -0.4 is 10.4 Å². The summed E-state index contributed by atoms with van der Waals surface area (Å²) in [5.41, 5.74) is 10.3. The number of hydrogen-bond donors (Lipinski definition) is 0. The van der Waals surface area contributed by atoms with Crippen LogP contribution in [0.2, 0.25) is 13.1 Å². The molecule has 0 spiro atoms. The van der Waals surface area contributed by atoms with Gasteiger partial charge in [-0.25, -0.2) is 9.97 Å². The van der Waals surface area contributed by atoms with Crippen LogP contribution in [-0.4, -0.2) is 18.0 Å². The number of aromatic nitrogens is 2. The lowest BCUT2D eigenvalue weighted by Crippen LogP contribution is -2.50. The Balaban J connectivity index is 1.28. The largest absolute Gasteiger partial charge is 0.228 e. The van der Waals surface area contributed by atoms with E-state index in [0.717, 1.165) is 28.3 Å². The molecule has 1 aromatic heterocycles. The molecule has 7 aromatic carbocycles. The van der Waals surface area contributed by atoms with Crippen LogP contribution in [0, 0.1) is 0 Å². The highest BCUT2D eigenvalue weighted by Crippen LogP contribution is 2.38. The Hall–Kier alpha value is -5.64. The van der Waals surface area contributed by atoms with Crippen LogP contribution in [-0.2, 0) is 0 Å². The van der Waals surface area contributed by atoms with Gasteiger partial charge in [0.1, 0.15) is 8.07 Å². The summed E-state index contributed by atoms with van der Waals surface area (Å²) in [4.78, 5) is 11.0. The second-order valence-electron chi connectivity index (χ2n) is 13.0. The van der Waals surface area contributed by atoms with Gasteiger partial charge in [0.05, 0.1) is 11.4 Å². The van der Waals surface area contributed by atoms with Crippen LogP contribution in [0.4, 0.5) is 0 Å². The number of fused-ring (bicyclic) bond motifs is 5. The van der Waals surface area contributed by atoms with Crippen molar-refractivity contribution in [2.24, 2.45) is 0 Å². The number of benzene rings is 7. The fourth-order valence-corrected chi connectivity index (χ4v) is 10.7. The van der Waals surface area contributed by atoms with Crippen LogP contribution in [0.15, 0.2) is 158 Å². The van der Waals surface area contributed by atoms with Gasteiger partial charge in [-0.2, -0.15) is 0 Å². The van der Waals surface area contributed by atoms with Crippen LogP contribution in [0.1, 0.15) is 0 Å². The van der Waals surface area contributed by atoms with E-state index in [1.807, 2.05) is 0 Å². The van der Waals surface area contributed by atoms with Gasteiger partial charge in [0, 0.05) is 16.7 Å². The minimum absolute atomic E-state index is 0.763. The first-order chi connectivity index (χ1) is 23.0. The predicted molar refractivity (Wildman–Crippen MR) is 201 cm³/mol. The standard InChI is InChI=1S/C44H32N2Si/c1-47(2)40-28-35-17-7-6-16-34(35)27-39(40)42-43(47)41(38-24-12-18-30-15-8-9-23-37(30)38)45-44(46-42)36-22-11-21-33(26-36)32-20-10-19-31(25-32)29-13-4-3-5-14-29/h3-28H,1-2H3. The lowest BCUT2D eigenvalue weighted by Gasteiger charge is -2.22. The van der Waals surface area contributed by atoms with Gasteiger partial charge in [-0.15, -0.1) is 0 Å². The molecule has 9 rings (SSSR count). The molecule has 1 aliphatic rings. The molecule has 0 amide bonds. The Kier molecular flexibility index (Phi) is 6.31. The fraction of sp³-hybridized carbons (Fsp3) is 0.0455. The van der Waals surface area contributed by atoms with Crippen LogP contribution in [0.3, 0.4) is 0 Å². The van der Waals surface area contributed by atoms with Gasteiger partial charge in [0.2, 0.25) is 0 Å². The summed E-state index contributed by atoms with van der Waals surface area (Å²) in [7, 11) is -2.16. The normalized spacial score (nSPS) is 13.1. The molecule has 2 heterocycles. The molecule has 0 radical (unpaired) electrons. The van der Waals surface area contributed by atoms with Crippen molar-refractivity contribution >= 4 is 40.0 Å². The monoisotopic (exact) mass is 616 g/mol. The van der Waals surface area contributed by atoms with Crippen molar-refractivity contribution in [2.75, 3.05) is 0 Å². The Morgan fingerprint density at radius 3 is 1.66 bits per heavy atom. The van der Waals surface area contributed by atoms with Crippen molar-refractivity contribution < 1.29 is 0 Å². The van der Waals surface area contributed by atoms with E-state index in [4.69, 9.17) is 9.97 Å². The lowest BCUT2D eigenvalue weighted by molar-refractivity contribution is 1.20. The molecule has 8 aromatic rings. The molecule has 0 fully saturated rings. The van der Waals surface area contributed by atoms with E-state index in [9.17, 15) is 0 Å². The van der Waals surface area contributed by atoms with Crippen LogP contribution in [0.5, 0.6) is 0 Å². The van der Waals surface area contributed by atoms with Gasteiger partial charge < -0.3 is 0 Å². The molecule has 0 unspecified atom stereocenters. The van der Waals surface area contributed by atoms with E-state index in [2.05, 4.69) is 171 Å². The van der Waals surface area contributed by atoms with Crippen molar-refractivity contribution in [3.8, 4) is 56.2 Å². The molecular formula is C44H32N2Si. The molecule has 1 aliphatic heterocycles. The molecule has 0 saturated carbocycles. The second-order valence-corrected chi connectivity index (χ2v) is 17.3. The maximum atomic E-state index is 5.51. The number of nitrogens with zero attached hydrogens (tertiary/aromatic N) is 2. The van der Waals surface area contributed by atoms with Crippen molar-refractivity contribution in [1.29, 1.82) is 0 Å². The molecule has 0 saturated heterocycles. The fourth-order valence-electron chi connectivity index (χ4n) is 7.44. The molecule has 2 nitrogen and oxygen atoms in total. The maximum absolute atomic E-state index is 5.51. The third-order valence-corrected chi connectivity index (χ3v) is 13.3. The highest BCUT2D eigenvalue weighted by molar-refractivity contribution is 7.04. The SMILES string of the molecule is C[Si]1(C)c2cc3ccccc3cc2-c2nc(-c3cccc(-c4cccc(-c5ccccc5)c4)c3)nc(-c3cccc4ccccc34)c21. The Morgan fingerprint density at radius 1 is 0.404 bits per heavy atom. The highest BCUT2D eigenvalue weighted by atomic mass is 28.3. The minimum atomic E-state index is -2.16. The Labute approximate surface area is 276 Å². The van der Waals surface area contributed by atoms with E-state index in [-0.39, 0.29) is 0 Å². The van der Waals surface area contributed by atoms with Crippen molar-refractivity contribution in [3.63, 3.8) is 0 Å². The maximum Gasteiger partial charge on any atom is 0.160 e. The smallest absolute Gasteiger partial charge is 0.160 e. The molecule has 222 valence electrons. The number of rotatable bonds is 4. The average molecular weight is 617 g/mol. The first kappa shape index (κ1) is 27.6. The van der Waals surface area contributed by atoms with E-state index in [1.165, 1.54) is 59.7 Å². The van der Waals surface area contributed by atoms with Gasteiger partial charge in [-0.3, -0.25) is 0 Å². The van der Waals surface area contributed by atoms with E-state index in [1.54, 1.807) is 0 Å². The van der Waals surface area contributed by atoms with Gasteiger partial charge >= 0.3 is 0 Å². The van der Waals surface area contributed by atoms with Gasteiger partial charge in [0.25, 0.3) is 0 Å². The zero-order valence-corrected chi connectivity index (χ0v) is 27.4. The first-order valence-electron chi connectivity index (χ1n) is 16.3. The third kappa shape index (κ3) is 4.54. The minimum Gasteiger partial charge on any atom is -0.228 e. The van der Waals surface area contributed by atoms with Gasteiger partial charge in [-0.1, -0.05) is 153 Å². The van der Waals surface area contributed by atoms with Crippen molar-refractivity contribution in [1.82, 2.24) is 9.97 Å². The quantitative estimate of drug-likeness (QED) is 0.184. The summed E-state index contributed by atoms with van der Waals surface area (Å²) in [5.74, 6) is 0.763. The van der Waals surface area contributed by atoms with Gasteiger partial charge in [0.15, 0.2) is 5.82 Å². The second kappa shape index (κ2) is 10.7. The molecule has 47 heavy (non-hydrogen) atoms. The molecule has 0 aliphatic carbocycles. The third-order valence-electron chi connectivity index (χ3n) is 9.82. The summed E-state index contributed by atoms with van der Waals surface area (Å²) < 4.78 is 0. The van der Waals surface area contributed by atoms with Crippen molar-refractivity contribution in [2.45, 2.75) is 13.1 Å². The summed E-state index contributed by atoms with van der Waals surface area (Å²) in [6.07, 6.45) is 0. The lowest BCUT2D eigenvalue weighted by atomic mass is 9.97. The van der Waals surface area contributed by atoms with Crippen LogP contribution >= 0.6 is 0 Å². The molecule has 0 atom stereocenters. The van der Waals surface area contributed by atoms with E-state index >= 15 is 0 Å². The van der Waals surface area contributed by atoms with Crippen LogP contribution in [0.25, 0.3) is 77.7 Å². The molecule has 0 N–H and O–H groups in total. The predicted octanol–water partition coefficient (Wildman–Crippen LogP) is 10.3. The molecule has 0 bridgehead atoms. The van der Waals surface area contributed by atoms with Gasteiger partial charge in [-0.05, 0) is 72.4 Å². The highest BCUT2D eigenvalue weighted by Gasteiger charge is 2.42. The Bertz CT molecular complexity index is 2490. The van der Waals surface area contributed by atoms with Crippen molar-refractivity contribution in [3.05, 3.63) is 158 Å². The van der Waals surface area contributed by atoms with E-state index in [0.29, 0.717) is 0 Å². The summed E-state index contributed by atoms with van der Waals surface area (Å²) in [5, 5.41) is 7.74. The zero-order valence-electron chi connectivity index (χ0n) is 26.4. The average Bonchev–Trinajstić information content (AvgIpc) is 3.35. The zero-order chi connectivity index (χ0) is 31.5. The molecular weight excluding hydrogens is 585 g/mol. The summed E-state index contributed by atoms with van der Waals surface area (Å²) in [6, 6.07) is 56.8. The summed E-state index contributed by atoms with van der Waals surface area (Å²) in [6.45, 7) is 4.93. The van der Waals surface area contributed by atoms with E-state index < -0.39 is 8.07 Å². The Morgan fingerprint density at radius 2 is 0.915 bits per heavy atom. The number of hydrogen-bond acceptors (Lipinski definition) is 2. The summed E-state index contributed by atoms with van der Waals surface area (Å²) >= 11 is 0.